The van der Waals surface area contributed by atoms with Crippen LogP contribution in [-0.2, 0) is 4.79 Å². The van der Waals surface area contributed by atoms with Crippen LogP contribution in [0.2, 0.25) is 0 Å². The summed E-state index contributed by atoms with van der Waals surface area (Å²) in [6.45, 7) is 1.33. The summed E-state index contributed by atoms with van der Waals surface area (Å²) < 4.78 is 38.1. The Morgan fingerprint density at radius 3 is 2.24 bits per heavy atom. The molecule has 1 unspecified atom stereocenters. The van der Waals surface area contributed by atoms with Gasteiger partial charge in [0.2, 0.25) is 0 Å². The topological polar surface area (TPSA) is 37.3 Å². The summed E-state index contributed by atoms with van der Waals surface area (Å²) in [5, 5.41) is 8.47. The Hall–Kier alpha value is -1.78. The maximum atomic E-state index is 12.7. The summed E-state index contributed by atoms with van der Waals surface area (Å²) >= 11 is 0. The number of aliphatic carboxylic acids is 1. The molecule has 92 valence electrons. The highest BCUT2D eigenvalue weighted by Gasteiger charge is 2.37. The first-order valence-electron chi connectivity index (χ1n) is 4.89. The van der Waals surface area contributed by atoms with E-state index in [-0.39, 0.29) is 6.08 Å². The third kappa shape index (κ3) is 3.62. The number of hydrogen-bond donors (Lipinski definition) is 1. The maximum Gasteiger partial charge on any atom is 0.413 e. The number of carboxylic acid groups (broad SMARTS) is 1. The Morgan fingerprint density at radius 1 is 1.29 bits per heavy atom. The fourth-order valence-electron chi connectivity index (χ4n) is 1.51. The predicted octanol–water partition coefficient (Wildman–Crippen LogP) is 3.36. The Labute approximate surface area is 96.4 Å². The molecule has 1 rings (SSSR count). The summed E-state index contributed by atoms with van der Waals surface area (Å²) in [6.07, 6.45) is -4.43. The van der Waals surface area contributed by atoms with E-state index in [9.17, 15) is 18.0 Å². The summed E-state index contributed by atoms with van der Waals surface area (Å²) in [6, 6.07) is 7.98. The number of hydrogen-bond acceptors (Lipinski definition) is 1. The van der Waals surface area contributed by atoms with E-state index in [4.69, 9.17) is 5.11 Å². The lowest BCUT2D eigenvalue weighted by Crippen LogP contribution is -2.18. The van der Waals surface area contributed by atoms with Crippen LogP contribution in [-0.4, -0.2) is 17.3 Å². The molecule has 0 aromatic heterocycles. The monoisotopic (exact) mass is 244 g/mol. The summed E-state index contributed by atoms with van der Waals surface area (Å²) in [5.74, 6) is -2.60. The largest absolute Gasteiger partial charge is 0.478 e. The van der Waals surface area contributed by atoms with E-state index in [2.05, 4.69) is 0 Å². The molecule has 17 heavy (non-hydrogen) atoms. The quantitative estimate of drug-likeness (QED) is 0.828. The zero-order valence-electron chi connectivity index (χ0n) is 9.03. The number of rotatable bonds is 3. The minimum atomic E-state index is -4.65. The van der Waals surface area contributed by atoms with Gasteiger partial charge in [0.25, 0.3) is 0 Å². The average molecular weight is 244 g/mol. The molecule has 0 heterocycles. The number of benzene rings is 1. The number of carboxylic acids is 1. The Morgan fingerprint density at radius 2 is 1.82 bits per heavy atom. The molecule has 0 amide bonds. The van der Waals surface area contributed by atoms with Gasteiger partial charge in [0.1, 0.15) is 0 Å². The second-order valence-corrected chi connectivity index (χ2v) is 3.57. The fraction of sp³-hybridized carbons (Fsp3) is 0.250. The molecule has 2 nitrogen and oxygen atoms in total. The van der Waals surface area contributed by atoms with Crippen molar-refractivity contribution < 1.29 is 23.1 Å². The minimum Gasteiger partial charge on any atom is -0.478 e. The van der Waals surface area contributed by atoms with E-state index >= 15 is 0 Å². The van der Waals surface area contributed by atoms with Gasteiger partial charge < -0.3 is 5.11 Å². The van der Waals surface area contributed by atoms with E-state index in [1.54, 1.807) is 18.2 Å². The van der Waals surface area contributed by atoms with Gasteiger partial charge in [0.05, 0.1) is 0 Å². The van der Waals surface area contributed by atoms with Crippen molar-refractivity contribution in [2.45, 2.75) is 19.0 Å². The van der Waals surface area contributed by atoms with E-state index < -0.39 is 23.6 Å². The molecule has 0 bridgehead atoms. The highest BCUT2D eigenvalue weighted by molar-refractivity contribution is 5.81. The third-order valence-electron chi connectivity index (χ3n) is 2.37. The molecule has 0 spiro atoms. The number of halogens is 3. The predicted molar refractivity (Wildman–Crippen MR) is 56.6 cm³/mol. The van der Waals surface area contributed by atoms with E-state index in [1.807, 2.05) is 0 Å². The summed E-state index contributed by atoms with van der Waals surface area (Å²) in [7, 11) is 0. The lowest BCUT2D eigenvalue weighted by Gasteiger charge is -2.18. The number of carbonyl (C=O) groups is 1. The Kier molecular flexibility index (Phi) is 3.93. The van der Waals surface area contributed by atoms with E-state index in [1.165, 1.54) is 19.1 Å². The number of alkyl halides is 3. The zero-order valence-corrected chi connectivity index (χ0v) is 9.03. The average Bonchev–Trinajstić information content (AvgIpc) is 2.24. The van der Waals surface area contributed by atoms with Gasteiger partial charge >= 0.3 is 12.1 Å². The van der Waals surface area contributed by atoms with Gasteiger partial charge in [-0.3, -0.25) is 0 Å². The van der Waals surface area contributed by atoms with Crippen molar-refractivity contribution >= 4 is 5.97 Å². The van der Waals surface area contributed by atoms with E-state index in [0.29, 0.717) is 5.56 Å². The smallest absolute Gasteiger partial charge is 0.413 e. The first-order valence-corrected chi connectivity index (χ1v) is 4.89. The molecule has 0 fully saturated rings. The van der Waals surface area contributed by atoms with Crippen LogP contribution in [0.1, 0.15) is 18.4 Å². The molecule has 5 heteroatoms. The zero-order chi connectivity index (χ0) is 13.1. The second-order valence-electron chi connectivity index (χ2n) is 3.57. The van der Waals surface area contributed by atoms with Crippen molar-refractivity contribution in [3.63, 3.8) is 0 Å². The van der Waals surface area contributed by atoms with Crippen molar-refractivity contribution in [1.29, 1.82) is 0 Å². The van der Waals surface area contributed by atoms with E-state index in [0.717, 1.165) is 0 Å². The molecule has 1 atom stereocenters. The highest BCUT2D eigenvalue weighted by atomic mass is 19.4. The van der Waals surface area contributed by atoms with Crippen LogP contribution in [0.3, 0.4) is 0 Å². The van der Waals surface area contributed by atoms with Crippen LogP contribution in [0.5, 0.6) is 0 Å². The first kappa shape index (κ1) is 13.3. The van der Waals surface area contributed by atoms with Crippen molar-refractivity contribution in [3.8, 4) is 0 Å². The van der Waals surface area contributed by atoms with Gasteiger partial charge in [-0.25, -0.2) is 4.79 Å². The van der Waals surface area contributed by atoms with Gasteiger partial charge in [-0.15, -0.1) is 0 Å². The summed E-state index contributed by atoms with van der Waals surface area (Å²) in [4.78, 5) is 10.4. The van der Waals surface area contributed by atoms with Crippen molar-refractivity contribution in [2.24, 2.45) is 0 Å². The van der Waals surface area contributed by atoms with Crippen LogP contribution in [0.4, 0.5) is 13.2 Å². The highest BCUT2D eigenvalue weighted by Crippen LogP contribution is 2.36. The summed E-state index contributed by atoms with van der Waals surface area (Å²) in [5.41, 5.74) is -0.631. The molecule has 0 aliphatic heterocycles. The molecular weight excluding hydrogens is 233 g/mol. The molecule has 0 aliphatic rings. The molecule has 1 N–H and O–H groups in total. The van der Waals surface area contributed by atoms with Crippen molar-refractivity contribution in [1.82, 2.24) is 0 Å². The normalized spacial score (nSPS) is 14.5. The van der Waals surface area contributed by atoms with Gasteiger partial charge in [-0.1, -0.05) is 37.3 Å². The lowest BCUT2D eigenvalue weighted by molar-refractivity contribution is -0.132. The van der Waals surface area contributed by atoms with Gasteiger partial charge in [-0.2, -0.15) is 13.2 Å². The second kappa shape index (κ2) is 5.03. The molecule has 0 aliphatic carbocycles. The van der Waals surface area contributed by atoms with Gasteiger partial charge in [0, 0.05) is 17.6 Å². The van der Waals surface area contributed by atoms with Crippen LogP contribution < -0.4 is 0 Å². The third-order valence-corrected chi connectivity index (χ3v) is 2.37. The Balaban J connectivity index is 3.13. The SMILES string of the molecule is CC(/C(=C\C(=O)O)C(F)(F)F)c1ccccc1. The van der Waals surface area contributed by atoms with Crippen LogP contribution in [0.25, 0.3) is 0 Å². The molecule has 0 saturated carbocycles. The van der Waals surface area contributed by atoms with Gasteiger partial charge in [-0.05, 0) is 5.56 Å². The lowest BCUT2D eigenvalue weighted by atomic mass is 9.92. The minimum absolute atomic E-state index is 0.220. The first-order chi connectivity index (χ1) is 7.82. The van der Waals surface area contributed by atoms with Crippen LogP contribution in [0.15, 0.2) is 42.0 Å². The van der Waals surface area contributed by atoms with Crippen LogP contribution in [0, 0.1) is 0 Å². The molecule has 0 radical (unpaired) electrons. The molecule has 1 aromatic carbocycles. The number of allylic oxidation sites excluding steroid dienone is 1. The molecule has 1 aromatic rings. The Bertz CT molecular complexity index is 421. The van der Waals surface area contributed by atoms with Crippen LogP contribution >= 0.6 is 0 Å². The molecule has 0 saturated heterocycles. The van der Waals surface area contributed by atoms with Crippen molar-refractivity contribution in [2.75, 3.05) is 0 Å². The maximum absolute atomic E-state index is 12.7. The fourth-order valence-corrected chi connectivity index (χ4v) is 1.51. The molecular formula is C12H11F3O2. The standard InChI is InChI=1S/C12H11F3O2/c1-8(9-5-3-2-4-6-9)10(7-11(16)17)12(13,14)15/h2-8H,1H3,(H,16,17)/b10-7+. The van der Waals surface area contributed by atoms with Crippen molar-refractivity contribution in [3.05, 3.63) is 47.5 Å². The van der Waals surface area contributed by atoms with Gasteiger partial charge in [0.15, 0.2) is 0 Å².